The molecule has 2 rings (SSSR count). The number of nitrogens with zero attached hydrogens (tertiary/aromatic N) is 2. The van der Waals surface area contributed by atoms with E-state index in [0.29, 0.717) is 5.92 Å². The van der Waals surface area contributed by atoms with Crippen molar-refractivity contribution in [2.75, 3.05) is 18.8 Å². The van der Waals surface area contributed by atoms with Crippen LogP contribution in [0, 0.1) is 0 Å². The summed E-state index contributed by atoms with van der Waals surface area (Å²) < 4.78 is 5.23. The lowest BCUT2D eigenvalue weighted by Crippen LogP contribution is -2.08. The van der Waals surface area contributed by atoms with Crippen LogP contribution in [-0.2, 0) is 5.75 Å². The average molecular weight is 213 g/mol. The monoisotopic (exact) mass is 213 g/mol. The fraction of sp³-hybridized carbons (Fsp3) is 0.778. The zero-order valence-electron chi connectivity index (χ0n) is 8.32. The summed E-state index contributed by atoms with van der Waals surface area (Å²) in [5.74, 6) is 4.03. The highest BCUT2D eigenvalue weighted by atomic mass is 32.2. The van der Waals surface area contributed by atoms with Gasteiger partial charge in [0, 0.05) is 6.54 Å². The van der Waals surface area contributed by atoms with Crippen LogP contribution in [0.1, 0.15) is 31.0 Å². The maximum absolute atomic E-state index is 5.23. The van der Waals surface area contributed by atoms with Gasteiger partial charge < -0.3 is 9.84 Å². The van der Waals surface area contributed by atoms with Crippen molar-refractivity contribution in [1.29, 1.82) is 0 Å². The number of hydrogen-bond donors (Lipinski definition) is 1. The van der Waals surface area contributed by atoms with Gasteiger partial charge in [0.1, 0.15) is 0 Å². The molecular formula is C9H15N3OS. The number of thioether (sulfide) groups is 1. The second-order valence-electron chi connectivity index (χ2n) is 3.38. The fourth-order valence-corrected chi connectivity index (χ4v) is 2.05. The molecule has 0 spiro atoms. The number of nitrogens with one attached hydrogen (secondary N) is 1. The van der Waals surface area contributed by atoms with E-state index in [9.17, 15) is 0 Å². The molecule has 14 heavy (non-hydrogen) atoms. The van der Waals surface area contributed by atoms with E-state index in [2.05, 4.69) is 22.4 Å². The molecule has 1 saturated heterocycles. The Hall–Kier alpha value is -0.550. The van der Waals surface area contributed by atoms with Crippen LogP contribution in [0.5, 0.6) is 0 Å². The highest BCUT2D eigenvalue weighted by Crippen LogP contribution is 2.21. The van der Waals surface area contributed by atoms with Gasteiger partial charge in [-0.15, -0.1) is 0 Å². The van der Waals surface area contributed by atoms with Crippen molar-refractivity contribution >= 4 is 11.8 Å². The van der Waals surface area contributed by atoms with E-state index < -0.39 is 0 Å². The maximum atomic E-state index is 5.23. The van der Waals surface area contributed by atoms with Gasteiger partial charge in [0.25, 0.3) is 0 Å². The van der Waals surface area contributed by atoms with Crippen LogP contribution in [0.25, 0.3) is 0 Å². The summed E-state index contributed by atoms with van der Waals surface area (Å²) in [5, 5.41) is 7.25. The van der Waals surface area contributed by atoms with Gasteiger partial charge >= 0.3 is 0 Å². The van der Waals surface area contributed by atoms with Crippen molar-refractivity contribution in [3.8, 4) is 0 Å². The van der Waals surface area contributed by atoms with Crippen LogP contribution in [0.15, 0.2) is 4.52 Å². The second-order valence-corrected chi connectivity index (χ2v) is 4.65. The van der Waals surface area contributed by atoms with Crippen molar-refractivity contribution in [2.24, 2.45) is 0 Å². The zero-order chi connectivity index (χ0) is 9.80. The van der Waals surface area contributed by atoms with Gasteiger partial charge in [-0.1, -0.05) is 12.1 Å². The van der Waals surface area contributed by atoms with Crippen molar-refractivity contribution < 1.29 is 4.52 Å². The SMILES string of the molecule is CCSCc1noc(C2CCNC2)n1. The van der Waals surface area contributed by atoms with Gasteiger partial charge in [0.05, 0.1) is 11.7 Å². The topological polar surface area (TPSA) is 51.0 Å². The smallest absolute Gasteiger partial charge is 0.231 e. The molecule has 1 atom stereocenters. The third kappa shape index (κ3) is 2.27. The third-order valence-electron chi connectivity index (χ3n) is 2.33. The second kappa shape index (κ2) is 4.79. The summed E-state index contributed by atoms with van der Waals surface area (Å²) in [6.45, 7) is 4.17. The Balaban J connectivity index is 1.94. The minimum Gasteiger partial charge on any atom is -0.339 e. The molecule has 1 aromatic heterocycles. The minimum atomic E-state index is 0.433. The van der Waals surface area contributed by atoms with Crippen molar-refractivity contribution in [3.05, 3.63) is 11.7 Å². The summed E-state index contributed by atoms with van der Waals surface area (Å²) in [7, 11) is 0. The molecule has 0 aromatic carbocycles. The van der Waals surface area contributed by atoms with Crippen LogP contribution < -0.4 is 5.32 Å². The number of aromatic nitrogens is 2. The van der Waals surface area contributed by atoms with Crippen LogP contribution in [0.2, 0.25) is 0 Å². The van der Waals surface area contributed by atoms with Gasteiger partial charge in [-0.05, 0) is 18.7 Å². The Bertz CT molecular complexity index is 283. The standard InChI is InChI=1S/C9H15N3OS/c1-2-14-6-8-11-9(13-12-8)7-3-4-10-5-7/h7,10H,2-6H2,1H3. The third-order valence-corrected chi connectivity index (χ3v) is 3.20. The molecule has 0 radical (unpaired) electrons. The van der Waals surface area contributed by atoms with E-state index in [4.69, 9.17) is 4.52 Å². The van der Waals surface area contributed by atoms with Crippen LogP contribution in [0.3, 0.4) is 0 Å². The molecule has 0 amide bonds. The molecular weight excluding hydrogens is 198 g/mol. The van der Waals surface area contributed by atoms with Crippen molar-refractivity contribution in [2.45, 2.75) is 25.0 Å². The Labute approximate surface area is 87.8 Å². The molecule has 78 valence electrons. The molecule has 4 nitrogen and oxygen atoms in total. The Morgan fingerprint density at radius 3 is 3.29 bits per heavy atom. The lowest BCUT2D eigenvalue weighted by Gasteiger charge is -1.98. The van der Waals surface area contributed by atoms with Gasteiger partial charge in [-0.3, -0.25) is 0 Å². The molecule has 1 unspecified atom stereocenters. The highest BCUT2D eigenvalue weighted by molar-refractivity contribution is 7.98. The Kier molecular flexibility index (Phi) is 3.42. The predicted molar refractivity (Wildman–Crippen MR) is 56.4 cm³/mol. The first kappa shape index (κ1) is 9.98. The first-order valence-electron chi connectivity index (χ1n) is 5.01. The Morgan fingerprint density at radius 1 is 1.64 bits per heavy atom. The lowest BCUT2D eigenvalue weighted by molar-refractivity contribution is 0.355. The molecule has 0 saturated carbocycles. The van der Waals surface area contributed by atoms with E-state index in [-0.39, 0.29) is 0 Å². The van der Waals surface area contributed by atoms with E-state index in [1.807, 2.05) is 11.8 Å². The molecule has 1 aromatic rings. The lowest BCUT2D eigenvalue weighted by atomic mass is 10.1. The summed E-state index contributed by atoms with van der Waals surface area (Å²) in [5.41, 5.74) is 0. The van der Waals surface area contributed by atoms with E-state index in [1.165, 1.54) is 0 Å². The largest absolute Gasteiger partial charge is 0.339 e. The first-order chi connectivity index (χ1) is 6.90. The number of rotatable bonds is 4. The molecule has 0 aliphatic carbocycles. The first-order valence-corrected chi connectivity index (χ1v) is 6.16. The van der Waals surface area contributed by atoms with Gasteiger partial charge in [-0.25, -0.2) is 0 Å². The predicted octanol–water partition coefficient (Wildman–Crippen LogP) is 1.40. The maximum Gasteiger partial charge on any atom is 0.231 e. The quantitative estimate of drug-likeness (QED) is 0.819. The van der Waals surface area contributed by atoms with E-state index in [1.54, 1.807) is 0 Å². The molecule has 1 fully saturated rings. The summed E-state index contributed by atoms with van der Waals surface area (Å²) >= 11 is 1.82. The van der Waals surface area contributed by atoms with Crippen molar-refractivity contribution in [1.82, 2.24) is 15.5 Å². The molecule has 1 aliphatic rings. The molecule has 5 heteroatoms. The van der Waals surface area contributed by atoms with Crippen LogP contribution in [-0.4, -0.2) is 29.0 Å². The minimum absolute atomic E-state index is 0.433. The van der Waals surface area contributed by atoms with Gasteiger partial charge in [-0.2, -0.15) is 16.7 Å². The number of hydrogen-bond acceptors (Lipinski definition) is 5. The summed E-state index contributed by atoms with van der Waals surface area (Å²) in [6.07, 6.45) is 1.11. The highest BCUT2D eigenvalue weighted by Gasteiger charge is 2.22. The Morgan fingerprint density at radius 2 is 2.57 bits per heavy atom. The van der Waals surface area contributed by atoms with Crippen LogP contribution >= 0.6 is 11.8 Å². The fourth-order valence-electron chi connectivity index (χ4n) is 1.55. The van der Waals surface area contributed by atoms with Gasteiger partial charge in [0.15, 0.2) is 5.82 Å². The zero-order valence-corrected chi connectivity index (χ0v) is 9.14. The molecule has 0 bridgehead atoms. The normalized spacial score (nSPS) is 21.6. The summed E-state index contributed by atoms with van der Waals surface area (Å²) in [6, 6.07) is 0. The van der Waals surface area contributed by atoms with E-state index >= 15 is 0 Å². The van der Waals surface area contributed by atoms with Crippen molar-refractivity contribution in [3.63, 3.8) is 0 Å². The molecule has 2 heterocycles. The average Bonchev–Trinajstić information content (AvgIpc) is 2.85. The van der Waals surface area contributed by atoms with Crippen LogP contribution in [0.4, 0.5) is 0 Å². The molecule has 1 aliphatic heterocycles. The van der Waals surface area contributed by atoms with E-state index in [0.717, 1.165) is 42.7 Å². The summed E-state index contributed by atoms with van der Waals surface area (Å²) in [4.78, 5) is 4.39. The van der Waals surface area contributed by atoms with Gasteiger partial charge in [0.2, 0.25) is 5.89 Å². The molecule has 1 N–H and O–H groups in total.